The van der Waals surface area contributed by atoms with Crippen LogP contribution in [0.2, 0.25) is 0 Å². The number of benzene rings is 1. The van der Waals surface area contributed by atoms with E-state index in [0.717, 1.165) is 6.42 Å². The van der Waals surface area contributed by atoms with E-state index >= 15 is 0 Å². The standard InChI is InChI=1S/C26H39NO11/c1-8-9-17(7)36-24(30)33-13-16(6)21(22(27)23(28)29)18-10-11-19(37-25(31)34-14(2)3)20(12-18)38-26(32)35-15(4)5/h10-12,14-17,21-22H,8-9,13,27H2,1-7H3,(H,28,29)/t16?,17?,21?,22-/m0/s1. The molecular weight excluding hydrogens is 502 g/mol. The van der Waals surface area contributed by atoms with E-state index in [1.165, 1.54) is 18.2 Å². The van der Waals surface area contributed by atoms with Crippen LogP contribution in [0, 0.1) is 5.92 Å². The number of hydrogen-bond acceptors (Lipinski definition) is 11. The molecule has 0 radical (unpaired) electrons. The van der Waals surface area contributed by atoms with Crippen molar-refractivity contribution in [1.82, 2.24) is 0 Å². The summed E-state index contributed by atoms with van der Waals surface area (Å²) in [6.45, 7) is 11.6. The van der Waals surface area contributed by atoms with Crippen molar-refractivity contribution in [2.45, 2.75) is 91.6 Å². The van der Waals surface area contributed by atoms with E-state index in [0.29, 0.717) is 12.0 Å². The van der Waals surface area contributed by atoms with Crippen molar-refractivity contribution in [3.63, 3.8) is 0 Å². The second-order valence-corrected chi connectivity index (χ2v) is 9.39. The van der Waals surface area contributed by atoms with Gasteiger partial charge in [0.15, 0.2) is 11.5 Å². The van der Waals surface area contributed by atoms with Crippen molar-refractivity contribution in [2.24, 2.45) is 11.7 Å². The molecule has 1 aromatic carbocycles. The Labute approximate surface area is 222 Å². The largest absolute Gasteiger partial charge is 0.514 e. The summed E-state index contributed by atoms with van der Waals surface area (Å²) in [7, 11) is 0. The van der Waals surface area contributed by atoms with Crippen LogP contribution in [-0.2, 0) is 23.7 Å². The highest BCUT2D eigenvalue weighted by molar-refractivity contribution is 5.75. The van der Waals surface area contributed by atoms with E-state index in [9.17, 15) is 24.3 Å². The van der Waals surface area contributed by atoms with Crippen molar-refractivity contribution in [3.05, 3.63) is 23.8 Å². The molecule has 12 heteroatoms. The first kappa shape index (κ1) is 32.5. The van der Waals surface area contributed by atoms with E-state index < -0.39 is 54.5 Å². The Morgan fingerprint density at radius 2 is 1.39 bits per heavy atom. The zero-order valence-electron chi connectivity index (χ0n) is 22.9. The molecule has 1 rings (SSSR count). The molecule has 0 bridgehead atoms. The molecule has 0 amide bonds. The van der Waals surface area contributed by atoms with E-state index in [1.807, 2.05) is 6.92 Å². The number of aliphatic carboxylic acids is 1. The minimum atomic E-state index is -1.42. The van der Waals surface area contributed by atoms with Crippen LogP contribution in [-0.4, -0.2) is 60.5 Å². The van der Waals surface area contributed by atoms with Crippen LogP contribution in [0.25, 0.3) is 0 Å². The van der Waals surface area contributed by atoms with Crippen molar-refractivity contribution < 1.29 is 52.7 Å². The molecule has 12 nitrogen and oxygen atoms in total. The number of carbonyl (C=O) groups is 4. The zero-order chi connectivity index (χ0) is 29.0. The molecule has 0 heterocycles. The fraction of sp³-hybridized carbons (Fsp3) is 0.615. The number of rotatable bonds is 13. The summed E-state index contributed by atoms with van der Waals surface area (Å²) in [6, 6.07) is 2.66. The molecule has 38 heavy (non-hydrogen) atoms. The monoisotopic (exact) mass is 541 g/mol. The highest BCUT2D eigenvalue weighted by atomic mass is 16.8. The molecule has 1 aromatic rings. The maximum atomic E-state index is 12.2. The quantitative estimate of drug-likeness (QED) is 0.195. The fourth-order valence-corrected chi connectivity index (χ4v) is 3.52. The van der Waals surface area contributed by atoms with E-state index in [1.54, 1.807) is 41.5 Å². The first-order valence-corrected chi connectivity index (χ1v) is 12.5. The smallest absolute Gasteiger partial charge is 0.480 e. The maximum Gasteiger partial charge on any atom is 0.514 e. The highest BCUT2D eigenvalue weighted by Gasteiger charge is 2.33. The van der Waals surface area contributed by atoms with Crippen LogP contribution in [0.1, 0.15) is 72.8 Å². The minimum absolute atomic E-state index is 0.167. The molecule has 0 aromatic heterocycles. The summed E-state index contributed by atoms with van der Waals surface area (Å²) in [5.74, 6) is -3.21. The molecule has 3 unspecified atom stereocenters. The molecular formula is C26H39NO11. The van der Waals surface area contributed by atoms with Gasteiger partial charge in [-0.1, -0.05) is 26.3 Å². The Bertz CT molecular complexity index is 947. The van der Waals surface area contributed by atoms with Gasteiger partial charge >= 0.3 is 24.4 Å². The number of ether oxygens (including phenoxy) is 6. The summed E-state index contributed by atoms with van der Waals surface area (Å²) in [5, 5.41) is 9.64. The van der Waals surface area contributed by atoms with Crippen molar-refractivity contribution in [2.75, 3.05) is 6.61 Å². The maximum absolute atomic E-state index is 12.2. The summed E-state index contributed by atoms with van der Waals surface area (Å²) in [4.78, 5) is 48.1. The van der Waals surface area contributed by atoms with Gasteiger partial charge in [0.1, 0.15) is 12.1 Å². The van der Waals surface area contributed by atoms with Gasteiger partial charge in [0.2, 0.25) is 0 Å². The van der Waals surface area contributed by atoms with Crippen molar-refractivity contribution in [3.8, 4) is 11.5 Å². The van der Waals surface area contributed by atoms with Crippen LogP contribution in [0.3, 0.4) is 0 Å². The molecule has 0 aliphatic rings. The van der Waals surface area contributed by atoms with Gasteiger partial charge in [-0.25, -0.2) is 14.4 Å². The van der Waals surface area contributed by atoms with Gasteiger partial charge in [-0.15, -0.1) is 0 Å². The SMILES string of the molecule is CCCC(C)OC(=O)OCC(C)C(c1ccc(OC(=O)OC(C)C)c(OC(=O)OC(C)C)c1)[C@H](N)C(=O)O. The van der Waals surface area contributed by atoms with Crippen molar-refractivity contribution in [1.29, 1.82) is 0 Å². The van der Waals surface area contributed by atoms with E-state index in [-0.39, 0.29) is 24.2 Å². The molecule has 3 N–H and O–H groups in total. The fourth-order valence-electron chi connectivity index (χ4n) is 3.52. The second-order valence-electron chi connectivity index (χ2n) is 9.39. The lowest BCUT2D eigenvalue weighted by Crippen LogP contribution is -2.40. The molecule has 0 saturated heterocycles. The van der Waals surface area contributed by atoms with Crippen molar-refractivity contribution >= 4 is 24.4 Å². The lowest BCUT2D eigenvalue weighted by Gasteiger charge is -2.28. The predicted octanol–water partition coefficient (Wildman–Crippen LogP) is 5.01. The molecule has 0 spiro atoms. The van der Waals surface area contributed by atoms with Gasteiger partial charge in [0.25, 0.3) is 0 Å². The number of carboxylic acids is 1. The van der Waals surface area contributed by atoms with Gasteiger partial charge in [-0.2, -0.15) is 0 Å². The lowest BCUT2D eigenvalue weighted by atomic mass is 9.82. The first-order valence-electron chi connectivity index (χ1n) is 12.5. The summed E-state index contributed by atoms with van der Waals surface area (Å²) < 4.78 is 30.8. The Balaban J connectivity index is 3.29. The normalized spacial score (nSPS) is 14.2. The third-order valence-corrected chi connectivity index (χ3v) is 5.14. The Morgan fingerprint density at radius 3 is 1.89 bits per heavy atom. The summed E-state index contributed by atoms with van der Waals surface area (Å²) in [6.07, 6.45) is -2.79. The third kappa shape index (κ3) is 11.2. The van der Waals surface area contributed by atoms with Crippen LogP contribution in [0.4, 0.5) is 14.4 Å². The number of carbonyl (C=O) groups excluding carboxylic acids is 3. The number of nitrogens with two attached hydrogens (primary N) is 1. The molecule has 214 valence electrons. The summed E-state index contributed by atoms with van der Waals surface area (Å²) in [5.41, 5.74) is 6.32. The third-order valence-electron chi connectivity index (χ3n) is 5.14. The van der Waals surface area contributed by atoms with Gasteiger partial charge in [0.05, 0.1) is 18.8 Å². The van der Waals surface area contributed by atoms with Gasteiger partial charge in [-0.3, -0.25) is 4.79 Å². The summed E-state index contributed by atoms with van der Waals surface area (Å²) >= 11 is 0. The zero-order valence-corrected chi connectivity index (χ0v) is 22.9. The second kappa shape index (κ2) is 15.7. The first-order chi connectivity index (χ1) is 17.7. The van der Waals surface area contributed by atoms with Gasteiger partial charge in [0, 0.05) is 5.92 Å². The minimum Gasteiger partial charge on any atom is -0.480 e. The van der Waals surface area contributed by atoms with Gasteiger partial charge in [-0.05, 0) is 64.7 Å². The molecule has 0 aliphatic carbocycles. The van der Waals surface area contributed by atoms with Crippen LogP contribution in [0.5, 0.6) is 11.5 Å². The van der Waals surface area contributed by atoms with Crippen LogP contribution in [0.15, 0.2) is 18.2 Å². The molecule has 4 atom stereocenters. The average Bonchev–Trinajstić information content (AvgIpc) is 2.78. The Morgan fingerprint density at radius 1 is 0.842 bits per heavy atom. The topological polar surface area (TPSA) is 170 Å². The Kier molecular flexibility index (Phi) is 13.4. The molecule has 0 aliphatic heterocycles. The van der Waals surface area contributed by atoms with Crippen LogP contribution < -0.4 is 15.2 Å². The van der Waals surface area contributed by atoms with E-state index in [2.05, 4.69) is 0 Å². The van der Waals surface area contributed by atoms with Gasteiger partial charge < -0.3 is 39.3 Å². The Hall–Kier alpha value is -3.54. The lowest BCUT2D eigenvalue weighted by molar-refractivity contribution is -0.139. The number of carboxylic acid groups (broad SMARTS) is 1. The van der Waals surface area contributed by atoms with E-state index in [4.69, 9.17) is 34.2 Å². The number of hydrogen-bond donors (Lipinski definition) is 2. The predicted molar refractivity (Wildman–Crippen MR) is 135 cm³/mol. The highest BCUT2D eigenvalue weighted by Crippen LogP contribution is 2.36. The van der Waals surface area contributed by atoms with Crippen LogP contribution >= 0.6 is 0 Å². The molecule has 0 saturated carbocycles. The average molecular weight is 542 g/mol. The molecule has 0 fully saturated rings.